The van der Waals surface area contributed by atoms with Gasteiger partial charge in [-0.3, -0.25) is 4.79 Å². The minimum Gasteiger partial charge on any atom is -0.348 e. The fourth-order valence-corrected chi connectivity index (χ4v) is 4.40. The molecule has 0 saturated carbocycles. The van der Waals surface area contributed by atoms with Crippen LogP contribution in [-0.2, 0) is 12.3 Å². The number of nitrogens with zero attached hydrogens (tertiary/aromatic N) is 5. The highest BCUT2D eigenvalue weighted by molar-refractivity contribution is 7.13. The van der Waals surface area contributed by atoms with Crippen LogP contribution in [-0.4, -0.2) is 41.7 Å². The first-order valence-electron chi connectivity index (χ1n) is 9.02. The zero-order chi connectivity index (χ0) is 20.2. The van der Waals surface area contributed by atoms with Crippen LogP contribution in [0.25, 0.3) is 5.65 Å². The van der Waals surface area contributed by atoms with Crippen LogP contribution in [0.2, 0.25) is 0 Å². The number of aromatic nitrogens is 5. The van der Waals surface area contributed by atoms with Crippen LogP contribution in [0.1, 0.15) is 44.7 Å². The molecule has 5 heterocycles. The van der Waals surface area contributed by atoms with Gasteiger partial charge in [-0.1, -0.05) is 6.07 Å². The summed E-state index contributed by atoms with van der Waals surface area (Å²) in [6.07, 6.45) is 7.17. The Balaban J connectivity index is 1.57. The van der Waals surface area contributed by atoms with E-state index in [0.717, 1.165) is 35.3 Å². The summed E-state index contributed by atoms with van der Waals surface area (Å²) in [4.78, 5) is 31.0. The Bertz CT molecular complexity index is 1170. The number of alkyl halides is 2. The number of hydrogen-bond acceptors (Lipinski definition) is 5. The van der Waals surface area contributed by atoms with Gasteiger partial charge >= 0.3 is 0 Å². The number of fused-ring (bicyclic) bond motifs is 2. The van der Waals surface area contributed by atoms with E-state index in [1.165, 1.54) is 6.20 Å². The smallest absolute Gasteiger partial charge is 0.296 e. The van der Waals surface area contributed by atoms with E-state index in [1.807, 2.05) is 35.0 Å². The topological polar surface area (TPSA) is 79.2 Å². The van der Waals surface area contributed by atoms with Gasteiger partial charge in [-0.15, -0.1) is 11.3 Å². The maximum Gasteiger partial charge on any atom is 0.296 e. The lowest BCUT2D eigenvalue weighted by Crippen LogP contribution is -2.40. The second-order valence-corrected chi connectivity index (χ2v) is 8.00. The number of hydrogen-bond donors (Lipinski definition) is 1. The van der Waals surface area contributed by atoms with Gasteiger partial charge in [0, 0.05) is 38.0 Å². The summed E-state index contributed by atoms with van der Waals surface area (Å²) in [5, 5.41) is -0.373. The van der Waals surface area contributed by atoms with E-state index in [4.69, 9.17) is 0 Å². The average Bonchev–Trinajstić information content (AvgIpc) is 3.44. The number of rotatable bonds is 3. The molecule has 5 rings (SSSR count). The molecule has 0 aromatic carbocycles. The van der Waals surface area contributed by atoms with E-state index in [-0.39, 0.29) is 15.8 Å². The molecule has 10 heteroatoms. The van der Waals surface area contributed by atoms with Gasteiger partial charge in [0.1, 0.15) is 16.6 Å². The van der Waals surface area contributed by atoms with Gasteiger partial charge in [0.15, 0.2) is 5.01 Å². The molecule has 1 aliphatic heterocycles. The van der Waals surface area contributed by atoms with Gasteiger partial charge in [0.2, 0.25) is 0 Å². The fourth-order valence-electron chi connectivity index (χ4n) is 3.60. The fraction of sp³-hybridized carbons (Fsp3) is 0.263. The molecule has 1 aliphatic rings. The zero-order valence-corrected chi connectivity index (χ0v) is 16.2. The summed E-state index contributed by atoms with van der Waals surface area (Å²) < 4.78 is 29.0. The highest BCUT2D eigenvalue weighted by atomic mass is 32.1. The molecule has 0 bridgehead atoms. The van der Waals surface area contributed by atoms with Gasteiger partial charge in [-0.05, 0) is 12.1 Å². The first-order chi connectivity index (χ1) is 13.9. The summed E-state index contributed by atoms with van der Waals surface area (Å²) in [6, 6.07) is 5.15. The van der Waals surface area contributed by atoms with E-state index >= 15 is 0 Å². The molecule has 0 radical (unpaired) electrons. The van der Waals surface area contributed by atoms with Crippen LogP contribution in [0, 0.1) is 0 Å². The van der Waals surface area contributed by atoms with E-state index < -0.39 is 12.0 Å². The monoisotopic (exact) mass is 414 g/mol. The normalized spacial score (nSPS) is 16.9. The minimum absolute atomic E-state index is 0.175. The number of carbonyl (C=O) groups is 1. The molecule has 1 amide bonds. The third-order valence-electron chi connectivity index (χ3n) is 4.94. The predicted molar refractivity (Wildman–Crippen MR) is 102 cm³/mol. The average molecular weight is 414 g/mol. The van der Waals surface area contributed by atoms with E-state index in [2.05, 4.69) is 19.9 Å². The Kier molecular flexibility index (Phi) is 3.98. The lowest BCUT2D eigenvalue weighted by molar-refractivity contribution is 0.0172. The Morgan fingerprint density at radius 2 is 2.21 bits per heavy atom. The number of H-pyrrole nitrogens is 1. The molecular weight excluding hydrogens is 398 g/mol. The largest absolute Gasteiger partial charge is 0.348 e. The third kappa shape index (κ3) is 3.00. The van der Waals surface area contributed by atoms with Crippen LogP contribution < -0.4 is 0 Å². The molecule has 4 aromatic rings. The van der Waals surface area contributed by atoms with Crippen molar-refractivity contribution in [2.24, 2.45) is 0 Å². The lowest BCUT2D eigenvalue weighted by Gasteiger charge is -2.33. The van der Waals surface area contributed by atoms with Crippen molar-refractivity contribution in [3.05, 3.63) is 70.1 Å². The molecule has 0 saturated heterocycles. The predicted octanol–water partition coefficient (Wildman–Crippen LogP) is 3.41. The molecular formula is C19H16F2N6OS. The van der Waals surface area contributed by atoms with Crippen LogP contribution in [0.5, 0.6) is 0 Å². The Hall–Kier alpha value is -3.14. The van der Waals surface area contributed by atoms with Crippen molar-refractivity contribution < 1.29 is 13.6 Å². The molecule has 0 spiro atoms. The summed E-state index contributed by atoms with van der Waals surface area (Å²) >= 11 is 0.721. The van der Waals surface area contributed by atoms with E-state index in [9.17, 15) is 13.6 Å². The van der Waals surface area contributed by atoms with Crippen LogP contribution >= 0.6 is 11.3 Å². The summed E-state index contributed by atoms with van der Waals surface area (Å²) in [6.45, 7) is 1.19. The Morgan fingerprint density at radius 1 is 1.34 bits per heavy atom. The number of aromatic amines is 1. The van der Waals surface area contributed by atoms with Gasteiger partial charge < -0.3 is 14.3 Å². The van der Waals surface area contributed by atoms with Gasteiger partial charge in [0.25, 0.3) is 11.8 Å². The standard InChI is InChI=1S/C19H16F2N6OS/c1-19(20,21)18-22-8-13(29-18)17(28)27-7-5-11-15(24-10-23-11)16(27)12-9-26-6-3-2-4-14(26)25-12/h2-4,6,8-10,16H,5,7H2,1H3,(H,23,24)/t16-/m1/s1. The van der Waals surface area contributed by atoms with Gasteiger partial charge in [0.05, 0.1) is 23.9 Å². The molecule has 29 heavy (non-hydrogen) atoms. The highest BCUT2D eigenvalue weighted by Gasteiger charge is 2.38. The number of halogens is 2. The van der Waals surface area contributed by atoms with Crippen molar-refractivity contribution in [2.75, 3.05) is 6.54 Å². The molecule has 0 fully saturated rings. The van der Waals surface area contributed by atoms with E-state index in [0.29, 0.717) is 18.7 Å². The number of thiazole rings is 1. The molecule has 1 N–H and O–H groups in total. The molecule has 1 atom stereocenters. The highest BCUT2D eigenvalue weighted by Crippen LogP contribution is 2.36. The summed E-state index contributed by atoms with van der Waals surface area (Å²) in [7, 11) is 0. The SMILES string of the molecule is CC(F)(F)c1ncc(C(=O)N2CCc3[nH]cnc3[C@H]2c2cn3ccccc3n2)s1. The molecule has 7 nitrogen and oxygen atoms in total. The molecule has 0 aliphatic carbocycles. The first-order valence-corrected chi connectivity index (χ1v) is 9.84. The van der Waals surface area contributed by atoms with Crippen LogP contribution in [0.15, 0.2) is 43.1 Å². The third-order valence-corrected chi connectivity index (χ3v) is 6.10. The van der Waals surface area contributed by atoms with Crippen molar-refractivity contribution in [2.45, 2.75) is 25.3 Å². The zero-order valence-electron chi connectivity index (χ0n) is 15.3. The Morgan fingerprint density at radius 3 is 2.97 bits per heavy atom. The van der Waals surface area contributed by atoms with Gasteiger partial charge in [-0.25, -0.2) is 15.0 Å². The first kappa shape index (κ1) is 17.9. The van der Waals surface area contributed by atoms with Crippen molar-refractivity contribution in [3.63, 3.8) is 0 Å². The Labute approximate surface area is 168 Å². The van der Waals surface area contributed by atoms with Crippen LogP contribution in [0.4, 0.5) is 8.78 Å². The summed E-state index contributed by atoms with van der Waals surface area (Å²) in [5.41, 5.74) is 3.09. The van der Waals surface area contributed by atoms with Crippen molar-refractivity contribution in [3.8, 4) is 0 Å². The van der Waals surface area contributed by atoms with Crippen LogP contribution in [0.3, 0.4) is 0 Å². The number of carbonyl (C=O) groups excluding carboxylic acids is 1. The second-order valence-electron chi connectivity index (χ2n) is 6.97. The minimum atomic E-state index is -3.08. The molecule has 4 aromatic heterocycles. The van der Waals surface area contributed by atoms with Crippen molar-refractivity contribution in [1.82, 2.24) is 29.2 Å². The van der Waals surface area contributed by atoms with E-state index in [1.54, 1.807) is 11.2 Å². The molecule has 148 valence electrons. The number of nitrogens with one attached hydrogen (secondary N) is 1. The maximum absolute atomic E-state index is 13.6. The molecule has 0 unspecified atom stereocenters. The number of imidazole rings is 2. The van der Waals surface area contributed by atoms with Crippen molar-refractivity contribution in [1.29, 1.82) is 0 Å². The second kappa shape index (κ2) is 6.45. The number of amides is 1. The number of pyridine rings is 1. The van der Waals surface area contributed by atoms with Gasteiger partial charge in [-0.2, -0.15) is 8.78 Å². The van der Waals surface area contributed by atoms with Crippen molar-refractivity contribution >= 4 is 22.9 Å². The lowest BCUT2D eigenvalue weighted by atomic mass is 10.00. The quantitative estimate of drug-likeness (QED) is 0.557. The maximum atomic E-state index is 13.6. The summed E-state index contributed by atoms with van der Waals surface area (Å²) in [5.74, 6) is -3.43.